The molecule has 1 heterocycles. The summed E-state index contributed by atoms with van der Waals surface area (Å²) in [5, 5.41) is 10.7. The summed E-state index contributed by atoms with van der Waals surface area (Å²) >= 11 is 0. The zero-order chi connectivity index (χ0) is 21.7. The van der Waals surface area contributed by atoms with E-state index < -0.39 is 29.6 Å². The minimum absolute atomic E-state index is 0.207. The van der Waals surface area contributed by atoms with Crippen molar-refractivity contribution >= 4 is 6.09 Å². The van der Waals surface area contributed by atoms with Crippen molar-refractivity contribution in [3.05, 3.63) is 35.4 Å². The highest BCUT2D eigenvalue weighted by Crippen LogP contribution is 2.30. The minimum atomic E-state index is -1.03. The van der Waals surface area contributed by atoms with Gasteiger partial charge in [0.15, 0.2) is 0 Å². The van der Waals surface area contributed by atoms with Crippen LogP contribution < -0.4 is 0 Å². The highest BCUT2D eigenvalue weighted by atomic mass is 16.6. The van der Waals surface area contributed by atoms with E-state index in [0.29, 0.717) is 0 Å². The monoisotopic (exact) mass is 401 g/mol. The lowest BCUT2D eigenvalue weighted by molar-refractivity contribution is -0.0658. The molecule has 1 N–H and O–H groups in total. The first kappa shape index (κ1) is 23.3. The number of aliphatic hydroxyl groups excluding tert-OH is 1. The molecule has 160 valence electrons. The van der Waals surface area contributed by atoms with Crippen molar-refractivity contribution in [1.82, 2.24) is 4.90 Å². The molecule has 0 bridgehead atoms. The molecule has 2 rings (SSSR count). The van der Waals surface area contributed by atoms with Gasteiger partial charge < -0.3 is 14.6 Å². The average molecular weight is 402 g/mol. The predicted octanol–water partition coefficient (Wildman–Crippen LogP) is 4.50. The van der Waals surface area contributed by atoms with Crippen LogP contribution in [0.3, 0.4) is 0 Å². The Morgan fingerprint density at radius 2 is 1.97 bits per heavy atom. The van der Waals surface area contributed by atoms with Gasteiger partial charge in [0.1, 0.15) is 17.4 Å². The number of ether oxygens (including phenoxy) is 2. The lowest BCUT2D eigenvalue weighted by Crippen LogP contribution is -2.53. The van der Waals surface area contributed by atoms with Gasteiger partial charge in [0.05, 0.1) is 12.6 Å². The number of hydrogen-bond acceptors (Lipinski definition) is 4. The van der Waals surface area contributed by atoms with Crippen molar-refractivity contribution in [2.24, 2.45) is 0 Å². The van der Waals surface area contributed by atoms with E-state index in [1.165, 1.54) is 29.7 Å². The second-order valence-electron chi connectivity index (χ2n) is 9.04. The first-order valence-electron chi connectivity index (χ1n) is 10.5. The van der Waals surface area contributed by atoms with Gasteiger partial charge in [-0.2, -0.15) is 0 Å². The van der Waals surface area contributed by atoms with Gasteiger partial charge in [-0.15, -0.1) is 0 Å². The molecule has 2 atom stereocenters. The molecule has 29 heavy (non-hydrogen) atoms. The molecule has 0 unspecified atom stereocenters. The summed E-state index contributed by atoms with van der Waals surface area (Å²) in [6.45, 7) is 11.4. The first-order valence-corrected chi connectivity index (χ1v) is 10.5. The standard InChI is InChI=1S/C24H35NO4/c1-7-8-9-10-18-11-13-19(14-12-18)15-16-21(26)20-17-28-24(5,6)25(20)22(27)29-23(2,3)4/h11-14,20-21,26H,7-10,17H2,1-6H3/t20-,21+/m0/s1. The Bertz CT molecular complexity index is 737. The molecule has 1 aliphatic rings. The molecule has 1 amide bonds. The normalized spacial score (nSPS) is 19.4. The third-order valence-electron chi connectivity index (χ3n) is 4.86. The molecule has 1 aromatic carbocycles. The molecule has 5 heteroatoms. The van der Waals surface area contributed by atoms with Crippen LogP contribution in [-0.2, 0) is 15.9 Å². The van der Waals surface area contributed by atoms with Gasteiger partial charge in [-0.05, 0) is 65.2 Å². The number of benzene rings is 1. The number of nitrogens with zero attached hydrogens (tertiary/aromatic N) is 1. The molecule has 0 aromatic heterocycles. The van der Waals surface area contributed by atoms with Crippen molar-refractivity contribution in [1.29, 1.82) is 0 Å². The molecular formula is C24H35NO4. The third kappa shape index (κ3) is 6.76. The quantitative estimate of drug-likeness (QED) is 0.583. The lowest BCUT2D eigenvalue weighted by atomic mass is 10.0. The average Bonchev–Trinajstić information content (AvgIpc) is 2.95. The van der Waals surface area contributed by atoms with Gasteiger partial charge in [0, 0.05) is 5.56 Å². The maximum absolute atomic E-state index is 12.7. The second-order valence-corrected chi connectivity index (χ2v) is 9.04. The highest BCUT2D eigenvalue weighted by Gasteiger charge is 2.48. The Morgan fingerprint density at radius 1 is 1.31 bits per heavy atom. The molecule has 1 fully saturated rings. The summed E-state index contributed by atoms with van der Waals surface area (Å²) in [5.74, 6) is 5.89. The Balaban J connectivity index is 2.07. The molecule has 0 radical (unpaired) electrons. The van der Waals surface area contributed by atoms with Crippen LogP contribution in [-0.4, -0.2) is 46.2 Å². The summed E-state index contributed by atoms with van der Waals surface area (Å²) < 4.78 is 11.2. The van der Waals surface area contributed by atoms with Crippen molar-refractivity contribution in [2.45, 2.75) is 90.7 Å². The van der Waals surface area contributed by atoms with Gasteiger partial charge in [-0.25, -0.2) is 4.79 Å². The number of rotatable bonds is 5. The number of unbranched alkanes of at least 4 members (excludes halogenated alkanes) is 2. The van der Waals surface area contributed by atoms with E-state index in [0.717, 1.165) is 12.0 Å². The van der Waals surface area contributed by atoms with Crippen LogP contribution in [0.25, 0.3) is 0 Å². The molecule has 1 saturated heterocycles. The van der Waals surface area contributed by atoms with Crippen LogP contribution in [0, 0.1) is 11.8 Å². The molecule has 0 saturated carbocycles. The van der Waals surface area contributed by atoms with Crippen LogP contribution in [0.2, 0.25) is 0 Å². The summed E-state index contributed by atoms with van der Waals surface area (Å²) in [5.41, 5.74) is 0.642. The Hall–Kier alpha value is -2.03. The van der Waals surface area contributed by atoms with Crippen molar-refractivity contribution in [3.63, 3.8) is 0 Å². The van der Waals surface area contributed by atoms with Crippen LogP contribution in [0.4, 0.5) is 4.79 Å². The minimum Gasteiger partial charge on any atom is -0.444 e. The highest BCUT2D eigenvalue weighted by molar-refractivity contribution is 5.70. The molecule has 1 aromatic rings. The van der Waals surface area contributed by atoms with E-state index in [4.69, 9.17) is 9.47 Å². The Morgan fingerprint density at radius 3 is 2.55 bits per heavy atom. The number of amides is 1. The fourth-order valence-corrected chi connectivity index (χ4v) is 3.32. The van der Waals surface area contributed by atoms with Gasteiger partial charge >= 0.3 is 6.09 Å². The fraction of sp³-hybridized carbons (Fsp3) is 0.625. The van der Waals surface area contributed by atoms with Gasteiger partial charge in [0.25, 0.3) is 0 Å². The largest absolute Gasteiger partial charge is 0.444 e. The summed E-state index contributed by atoms with van der Waals surface area (Å²) in [7, 11) is 0. The molecular weight excluding hydrogens is 366 g/mol. The topological polar surface area (TPSA) is 59.0 Å². The predicted molar refractivity (Wildman–Crippen MR) is 114 cm³/mol. The summed E-state index contributed by atoms with van der Waals surface area (Å²) in [4.78, 5) is 14.1. The number of hydrogen-bond donors (Lipinski definition) is 1. The van der Waals surface area contributed by atoms with Crippen LogP contribution >= 0.6 is 0 Å². The van der Waals surface area contributed by atoms with Crippen molar-refractivity contribution in [3.8, 4) is 11.8 Å². The molecule has 0 spiro atoms. The summed E-state index contributed by atoms with van der Waals surface area (Å²) in [6, 6.07) is 7.53. The molecule has 0 aliphatic carbocycles. The van der Waals surface area contributed by atoms with Crippen LogP contribution in [0.15, 0.2) is 24.3 Å². The van der Waals surface area contributed by atoms with Gasteiger partial charge in [-0.3, -0.25) is 4.90 Å². The maximum Gasteiger partial charge on any atom is 0.413 e. The maximum atomic E-state index is 12.7. The number of carbonyl (C=O) groups is 1. The van der Waals surface area contributed by atoms with Gasteiger partial charge in [0.2, 0.25) is 0 Å². The Labute approximate surface area is 175 Å². The number of carbonyl (C=O) groups excluding carboxylic acids is 1. The van der Waals surface area contributed by atoms with Crippen molar-refractivity contribution in [2.75, 3.05) is 6.61 Å². The zero-order valence-electron chi connectivity index (χ0n) is 18.6. The number of aliphatic hydroxyl groups is 1. The molecule has 1 aliphatic heterocycles. The van der Waals surface area contributed by atoms with E-state index in [9.17, 15) is 9.90 Å². The fourth-order valence-electron chi connectivity index (χ4n) is 3.32. The third-order valence-corrected chi connectivity index (χ3v) is 4.86. The van der Waals surface area contributed by atoms with E-state index in [1.54, 1.807) is 13.8 Å². The van der Waals surface area contributed by atoms with Crippen LogP contribution in [0.1, 0.15) is 71.9 Å². The SMILES string of the molecule is CCCCCc1ccc(C#C[C@@H](O)[C@@H]2COC(C)(C)N2C(=O)OC(C)(C)C)cc1. The van der Waals surface area contributed by atoms with E-state index in [1.807, 2.05) is 32.9 Å². The molecule has 5 nitrogen and oxygen atoms in total. The smallest absolute Gasteiger partial charge is 0.413 e. The van der Waals surface area contributed by atoms with Crippen LogP contribution in [0.5, 0.6) is 0 Å². The number of aryl methyl sites for hydroxylation is 1. The Kier molecular flexibility index (Phi) is 7.73. The van der Waals surface area contributed by atoms with E-state index >= 15 is 0 Å². The van der Waals surface area contributed by atoms with E-state index in [-0.39, 0.29) is 6.61 Å². The zero-order valence-corrected chi connectivity index (χ0v) is 18.6. The van der Waals surface area contributed by atoms with Gasteiger partial charge in [-0.1, -0.05) is 43.7 Å². The summed E-state index contributed by atoms with van der Waals surface area (Å²) in [6.07, 6.45) is 3.17. The first-order chi connectivity index (χ1) is 13.5. The van der Waals surface area contributed by atoms with Crippen molar-refractivity contribution < 1.29 is 19.4 Å². The van der Waals surface area contributed by atoms with E-state index in [2.05, 4.69) is 30.9 Å². The lowest BCUT2D eigenvalue weighted by Gasteiger charge is -2.35. The second kappa shape index (κ2) is 9.65.